The predicted octanol–water partition coefficient (Wildman–Crippen LogP) is 2.59. The molecule has 2 atom stereocenters. The molecule has 1 saturated heterocycles. The molecule has 2 amide bonds. The fourth-order valence-electron chi connectivity index (χ4n) is 3.36. The van der Waals surface area contributed by atoms with Crippen molar-refractivity contribution in [2.45, 2.75) is 25.5 Å². The highest BCUT2D eigenvalue weighted by molar-refractivity contribution is 5.92. The molecule has 1 aliphatic rings. The number of rotatable bonds is 4. The molecule has 0 saturated carbocycles. The molecule has 0 spiro atoms. The van der Waals surface area contributed by atoms with E-state index in [1.54, 1.807) is 29.3 Å². The Hall–Kier alpha value is -3.07. The highest BCUT2D eigenvalue weighted by Crippen LogP contribution is 2.31. The number of oxazole rings is 1. The van der Waals surface area contributed by atoms with Crippen LogP contribution in [-0.4, -0.2) is 47.5 Å². The van der Waals surface area contributed by atoms with Gasteiger partial charge >= 0.3 is 6.03 Å². The van der Waals surface area contributed by atoms with E-state index in [0.717, 1.165) is 17.7 Å². The summed E-state index contributed by atoms with van der Waals surface area (Å²) in [6, 6.07) is 5.51. The highest BCUT2D eigenvalue weighted by Gasteiger charge is 2.33. The number of fused-ring (bicyclic) bond motifs is 1. The van der Waals surface area contributed by atoms with Crippen molar-refractivity contribution < 1.29 is 13.9 Å². The number of carbonyl (C=O) groups is 1. The summed E-state index contributed by atoms with van der Waals surface area (Å²) in [4.78, 5) is 18.7. The highest BCUT2D eigenvalue weighted by atomic mass is 16.5. The zero-order valence-corrected chi connectivity index (χ0v) is 16.4. The van der Waals surface area contributed by atoms with E-state index in [1.807, 2.05) is 32.7 Å². The molecular weight excluding hydrogens is 360 g/mol. The summed E-state index contributed by atoms with van der Waals surface area (Å²) < 4.78 is 13.3. The lowest BCUT2D eigenvalue weighted by Crippen LogP contribution is -2.39. The van der Waals surface area contributed by atoms with Gasteiger partial charge in [0.2, 0.25) is 0 Å². The monoisotopic (exact) mass is 384 g/mol. The minimum Gasteiger partial charge on any atom is -0.423 e. The average Bonchev–Trinajstić information content (AvgIpc) is 3.35. The van der Waals surface area contributed by atoms with Gasteiger partial charge in [-0.3, -0.25) is 4.68 Å². The summed E-state index contributed by atoms with van der Waals surface area (Å²) >= 11 is 0. The molecular formula is C19H24N6O3. The van der Waals surface area contributed by atoms with E-state index >= 15 is 0 Å². The molecule has 2 N–H and O–H groups in total. The van der Waals surface area contributed by atoms with E-state index < -0.39 is 0 Å². The maximum atomic E-state index is 12.5. The minimum atomic E-state index is -0.280. The van der Waals surface area contributed by atoms with Crippen molar-refractivity contribution in [3.63, 3.8) is 0 Å². The van der Waals surface area contributed by atoms with Crippen LogP contribution >= 0.6 is 0 Å². The lowest BCUT2D eigenvalue weighted by Gasteiger charge is -2.20. The molecule has 148 valence electrons. The minimum absolute atomic E-state index is 0.112. The first-order chi connectivity index (χ1) is 13.4. The fraction of sp³-hybridized carbons (Fsp3) is 0.421. The quantitative estimate of drug-likeness (QED) is 0.718. The van der Waals surface area contributed by atoms with E-state index in [9.17, 15) is 4.79 Å². The Labute approximate surface area is 162 Å². The van der Waals surface area contributed by atoms with Crippen molar-refractivity contribution in [2.24, 2.45) is 7.05 Å². The van der Waals surface area contributed by atoms with Gasteiger partial charge in [-0.15, -0.1) is 0 Å². The third-order valence-corrected chi connectivity index (χ3v) is 5.00. The first-order valence-corrected chi connectivity index (χ1v) is 9.18. The normalized spacial score (nSPS) is 19.1. The first kappa shape index (κ1) is 18.3. The van der Waals surface area contributed by atoms with Crippen molar-refractivity contribution in [3.05, 3.63) is 35.7 Å². The summed E-state index contributed by atoms with van der Waals surface area (Å²) in [6.07, 6.45) is 2.36. The Morgan fingerprint density at radius 1 is 1.36 bits per heavy atom. The number of nitrogens with zero attached hydrogens (tertiary/aromatic N) is 4. The zero-order valence-electron chi connectivity index (χ0n) is 16.4. The van der Waals surface area contributed by atoms with Crippen molar-refractivity contribution in [2.75, 3.05) is 30.9 Å². The van der Waals surface area contributed by atoms with Crippen LogP contribution in [0.5, 0.6) is 0 Å². The molecule has 2 aromatic heterocycles. The SMILES string of the molecule is Cc1c([C@H]2OCC[C@@H]2NC(=O)Nc2ccc3oc(N(C)C)nc3c2)cnn1C. The van der Waals surface area contributed by atoms with Gasteiger partial charge in [0, 0.05) is 44.7 Å². The van der Waals surface area contributed by atoms with Gasteiger partial charge in [-0.05, 0) is 31.5 Å². The second kappa shape index (κ2) is 7.16. The molecule has 0 unspecified atom stereocenters. The number of benzene rings is 1. The Morgan fingerprint density at radius 3 is 2.89 bits per heavy atom. The van der Waals surface area contributed by atoms with Crippen LogP contribution in [-0.2, 0) is 11.8 Å². The summed E-state index contributed by atoms with van der Waals surface area (Å²) in [5.41, 5.74) is 4.05. The lowest BCUT2D eigenvalue weighted by molar-refractivity contribution is 0.0998. The van der Waals surface area contributed by atoms with Gasteiger partial charge < -0.3 is 24.7 Å². The standard InChI is InChI=1S/C19H24N6O3/c1-11-13(10-20-25(11)4)17-14(7-8-27-17)22-18(26)21-12-5-6-16-15(9-12)23-19(28-16)24(2)3/h5-6,9-10,14,17H,7-8H2,1-4H3,(H2,21,22,26)/t14-,17+/m0/s1. The topological polar surface area (TPSA) is 97.4 Å². The van der Waals surface area contributed by atoms with Gasteiger partial charge in [-0.25, -0.2) is 4.79 Å². The van der Waals surface area contributed by atoms with Gasteiger partial charge in [0.05, 0.1) is 12.2 Å². The number of hydrogen-bond acceptors (Lipinski definition) is 6. The molecule has 0 radical (unpaired) electrons. The summed E-state index contributed by atoms with van der Waals surface area (Å²) in [6.45, 7) is 2.60. The van der Waals surface area contributed by atoms with Gasteiger partial charge in [-0.1, -0.05) is 0 Å². The van der Waals surface area contributed by atoms with Crippen LogP contribution in [0.15, 0.2) is 28.8 Å². The van der Waals surface area contributed by atoms with Gasteiger partial charge in [0.1, 0.15) is 11.6 Å². The molecule has 1 fully saturated rings. The van der Waals surface area contributed by atoms with Crippen LogP contribution in [0.3, 0.4) is 0 Å². The lowest BCUT2D eigenvalue weighted by atomic mass is 10.0. The van der Waals surface area contributed by atoms with Crippen LogP contribution < -0.4 is 15.5 Å². The van der Waals surface area contributed by atoms with Crippen molar-refractivity contribution >= 4 is 28.8 Å². The predicted molar refractivity (Wildman–Crippen MR) is 106 cm³/mol. The molecule has 0 bridgehead atoms. The molecule has 1 aliphatic heterocycles. The van der Waals surface area contributed by atoms with Crippen molar-refractivity contribution in [3.8, 4) is 0 Å². The van der Waals surface area contributed by atoms with Gasteiger partial charge in [0.25, 0.3) is 6.01 Å². The van der Waals surface area contributed by atoms with E-state index in [0.29, 0.717) is 29.4 Å². The van der Waals surface area contributed by atoms with E-state index in [1.165, 1.54) is 0 Å². The zero-order chi connectivity index (χ0) is 19.8. The second-order valence-electron chi connectivity index (χ2n) is 7.17. The number of carbonyl (C=O) groups excluding carboxylic acids is 1. The van der Waals surface area contributed by atoms with Crippen LogP contribution in [0.1, 0.15) is 23.8 Å². The smallest absolute Gasteiger partial charge is 0.319 e. The Kier molecular flexibility index (Phi) is 4.68. The summed E-state index contributed by atoms with van der Waals surface area (Å²) in [7, 11) is 5.62. The third kappa shape index (κ3) is 3.40. The van der Waals surface area contributed by atoms with Crippen molar-refractivity contribution in [1.29, 1.82) is 0 Å². The summed E-state index contributed by atoms with van der Waals surface area (Å²) in [5.74, 6) is 0. The van der Waals surface area contributed by atoms with Crippen LogP contribution in [0.4, 0.5) is 16.5 Å². The maximum absolute atomic E-state index is 12.5. The van der Waals surface area contributed by atoms with Gasteiger partial charge in [0.15, 0.2) is 5.58 Å². The molecule has 1 aromatic carbocycles. The van der Waals surface area contributed by atoms with Crippen LogP contribution in [0.25, 0.3) is 11.1 Å². The number of ether oxygens (including phenoxy) is 1. The number of aryl methyl sites for hydroxylation is 1. The first-order valence-electron chi connectivity index (χ1n) is 9.18. The van der Waals surface area contributed by atoms with E-state index in [4.69, 9.17) is 9.15 Å². The molecule has 9 heteroatoms. The van der Waals surface area contributed by atoms with E-state index in [2.05, 4.69) is 20.7 Å². The largest absolute Gasteiger partial charge is 0.423 e. The van der Waals surface area contributed by atoms with Crippen LogP contribution in [0.2, 0.25) is 0 Å². The van der Waals surface area contributed by atoms with Gasteiger partial charge in [-0.2, -0.15) is 10.1 Å². The maximum Gasteiger partial charge on any atom is 0.319 e. The third-order valence-electron chi connectivity index (χ3n) is 5.00. The average molecular weight is 384 g/mol. The number of nitrogens with one attached hydrogen (secondary N) is 2. The fourth-order valence-corrected chi connectivity index (χ4v) is 3.36. The number of urea groups is 1. The molecule has 3 aromatic rings. The Morgan fingerprint density at radius 2 is 2.18 bits per heavy atom. The van der Waals surface area contributed by atoms with Crippen LogP contribution in [0, 0.1) is 6.92 Å². The molecule has 0 aliphatic carbocycles. The second-order valence-corrected chi connectivity index (χ2v) is 7.17. The molecule has 28 heavy (non-hydrogen) atoms. The number of aromatic nitrogens is 3. The van der Waals surface area contributed by atoms with E-state index in [-0.39, 0.29) is 18.2 Å². The Balaban J connectivity index is 1.45. The van der Waals surface area contributed by atoms with Crippen molar-refractivity contribution in [1.82, 2.24) is 20.1 Å². The molecule has 4 rings (SSSR count). The molecule has 3 heterocycles. The number of amides is 2. The number of anilines is 2. The summed E-state index contributed by atoms with van der Waals surface area (Å²) in [5, 5.41) is 10.2. The molecule has 9 nitrogen and oxygen atoms in total. The Bertz CT molecular complexity index is 1010. The number of hydrogen-bond donors (Lipinski definition) is 2.